The Labute approximate surface area is 259 Å². The van der Waals surface area contributed by atoms with Crippen LogP contribution in [0.15, 0.2) is 71.5 Å². The van der Waals surface area contributed by atoms with E-state index in [0.717, 1.165) is 52.1 Å². The van der Waals surface area contributed by atoms with Crippen molar-refractivity contribution in [3.63, 3.8) is 0 Å². The molecule has 9 nitrogen and oxygen atoms in total. The van der Waals surface area contributed by atoms with Crippen molar-refractivity contribution < 1.29 is 14.3 Å². The summed E-state index contributed by atoms with van der Waals surface area (Å²) in [6.45, 7) is 7.96. The van der Waals surface area contributed by atoms with E-state index in [0.29, 0.717) is 52.2 Å². The summed E-state index contributed by atoms with van der Waals surface area (Å²) in [6.07, 6.45) is 1.72. The number of nitrogens with zero attached hydrogens (tertiary/aromatic N) is 5. The van der Waals surface area contributed by atoms with Gasteiger partial charge in [0.05, 0.1) is 17.6 Å². The fraction of sp³-hybridized carbons (Fsp3) is 0.400. The van der Waals surface area contributed by atoms with E-state index in [4.69, 9.17) is 4.74 Å². The van der Waals surface area contributed by atoms with Crippen molar-refractivity contribution in [2.45, 2.75) is 46.2 Å². The van der Waals surface area contributed by atoms with Crippen molar-refractivity contribution in [1.29, 1.82) is 0 Å². The van der Waals surface area contributed by atoms with Gasteiger partial charge in [-0.1, -0.05) is 42.5 Å². The second kappa shape index (κ2) is 13.9. The second-order valence-electron chi connectivity index (χ2n) is 11.5. The van der Waals surface area contributed by atoms with E-state index in [-0.39, 0.29) is 17.5 Å². The number of hydrogen-bond donors (Lipinski definition) is 0. The zero-order valence-corrected chi connectivity index (χ0v) is 26.3. The molecule has 0 spiro atoms. The van der Waals surface area contributed by atoms with Crippen molar-refractivity contribution in [1.82, 2.24) is 18.9 Å². The van der Waals surface area contributed by atoms with Crippen LogP contribution in [0, 0.1) is 0 Å². The van der Waals surface area contributed by atoms with E-state index in [1.54, 1.807) is 30.2 Å². The van der Waals surface area contributed by atoms with Gasteiger partial charge in [0.15, 0.2) is 0 Å². The monoisotopic (exact) mass is 597 g/mol. The van der Waals surface area contributed by atoms with E-state index >= 15 is 0 Å². The fourth-order valence-electron chi connectivity index (χ4n) is 6.13. The van der Waals surface area contributed by atoms with E-state index in [9.17, 15) is 14.4 Å². The molecule has 232 valence electrons. The molecule has 2 amide bonds. The predicted octanol–water partition coefficient (Wildman–Crippen LogP) is 4.50. The van der Waals surface area contributed by atoms with Crippen LogP contribution in [0.5, 0.6) is 5.75 Å². The van der Waals surface area contributed by atoms with Crippen molar-refractivity contribution >= 4 is 28.5 Å². The molecule has 1 aliphatic heterocycles. The van der Waals surface area contributed by atoms with Crippen molar-refractivity contribution in [3.8, 4) is 5.75 Å². The molecule has 0 unspecified atom stereocenters. The molecule has 0 radical (unpaired) electrons. The van der Waals surface area contributed by atoms with Gasteiger partial charge in [-0.25, -0.2) is 4.79 Å². The number of para-hydroxylation sites is 2. The van der Waals surface area contributed by atoms with E-state index in [1.807, 2.05) is 77.4 Å². The summed E-state index contributed by atoms with van der Waals surface area (Å²) in [5.74, 6) is 0.932. The van der Waals surface area contributed by atoms with Crippen molar-refractivity contribution in [2.75, 3.05) is 37.7 Å². The Hall–Kier alpha value is -4.37. The maximum absolute atomic E-state index is 13.9. The van der Waals surface area contributed by atoms with Crippen molar-refractivity contribution in [2.24, 2.45) is 14.1 Å². The quantitative estimate of drug-likeness (QED) is 0.314. The standard InChI is InChI=1S/C35H43N5O4/c1-5-44-33-14-9-7-12-29(33)24-38-19-10-20-40(26(2)41)30-13-8-6-11-28(30)25-39(22-21-38)34(42)18-16-27-15-17-31-32(23-27)37(4)35(43)36(31)3/h6-9,11-15,17,23H,5,10,16,18-22,24-25H2,1-4H3. The number of aryl methyl sites for hydroxylation is 3. The molecule has 3 aromatic carbocycles. The summed E-state index contributed by atoms with van der Waals surface area (Å²) in [6, 6.07) is 22.0. The minimum Gasteiger partial charge on any atom is -0.494 e. The van der Waals surface area contributed by atoms with Gasteiger partial charge in [0.1, 0.15) is 5.75 Å². The number of fused-ring (bicyclic) bond motifs is 2. The van der Waals surface area contributed by atoms with Crippen LogP contribution in [0.4, 0.5) is 5.69 Å². The molecule has 0 N–H and O–H groups in total. The summed E-state index contributed by atoms with van der Waals surface area (Å²) in [4.78, 5) is 45.2. The average Bonchev–Trinajstić information content (AvgIpc) is 3.22. The molecule has 9 heteroatoms. The fourth-order valence-corrected chi connectivity index (χ4v) is 6.13. The number of rotatable bonds is 7. The molecule has 0 fully saturated rings. The summed E-state index contributed by atoms with van der Waals surface area (Å²) >= 11 is 0. The number of imidazole rings is 1. The Morgan fingerprint density at radius 3 is 2.41 bits per heavy atom. The SMILES string of the molecule is CCOc1ccccc1CN1CCCN(C(C)=O)c2ccccc2CN(C(=O)CCc2ccc3c(c2)n(C)c(=O)n3C)CC1. The smallest absolute Gasteiger partial charge is 0.328 e. The number of ether oxygens (including phenoxy) is 1. The molecule has 0 aliphatic carbocycles. The van der Waals surface area contributed by atoms with E-state index in [2.05, 4.69) is 11.0 Å². The third-order valence-corrected chi connectivity index (χ3v) is 8.55. The molecule has 5 rings (SSSR count). The molecular weight excluding hydrogens is 554 g/mol. The van der Waals surface area contributed by atoms with Gasteiger partial charge in [-0.15, -0.1) is 0 Å². The highest BCUT2D eigenvalue weighted by Crippen LogP contribution is 2.25. The zero-order valence-electron chi connectivity index (χ0n) is 26.3. The predicted molar refractivity (Wildman–Crippen MR) is 174 cm³/mol. The van der Waals surface area contributed by atoms with Crippen molar-refractivity contribution in [3.05, 3.63) is 93.9 Å². The van der Waals surface area contributed by atoms with Gasteiger partial charge < -0.3 is 14.5 Å². The summed E-state index contributed by atoms with van der Waals surface area (Å²) in [5, 5.41) is 0. The third kappa shape index (κ3) is 6.89. The van der Waals surface area contributed by atoms with Gasteiger partial charge >= 0.3 is 5.69 Å². The number of amides is 2. The summed E-state index contributed by atoms with van der Waals surface area (Å²) < 4.78 is 9.18. The van der Waals surface area contributed by atoms with Gasteiger partial charge in [0, 0.05) is 78.0 Å². The van der Waals surface area contributed by atoms with Crippen LogP contribution in [-0.2, 0) is 43.2 Å². The lowest BCUT2D eigenvalue weighted by Crippen LogP contribution is -2.38. The van der Waals surface area contributed by atoms with Gasteiger partial charge in [0.25, 0.3) is 0 Å². The molecule has 0 atom stereocenters. The number of hydrogen-bond acceptors (Lipinski definition) is 5. The first-order valence-corrected chi connectivity index (χ1v) is 15.5. The van der Waals surface area contributed by atoms with Gasteiger partial charge in [0.2, 0.25) is 11.8 Å². The minimum absolute atomic E-state index is 0.00600. The molecule has 4 aromatic rings. The lowest BCUT2D eigenvalue weighted by molar-refractivity contribution is -0.132. The first-order valence-electron chi connectivity index (χ1n) is 15.5. The topological polar surface area (TPSA) is 80.0 Å². The summed E-state index contributed by atoms with van der Waals surface area (Å²) in [7, 11) is 3.54. The molecule has 2 heterocycles. The van der Waals surface area contributed by atoms with Gasteiger partial charge in [-0.05, 0) is 55.2 Å². The molecule has 1 aliphatic rings. The molecule has 0 saturated carbocycles. The first kappa shape index (κ1) is 31.1. The van der Waals surface area contributed by atoms with Crippen LogP contribution < -0.4 is 15.3 Å². The maximum Gasteiger partial charge on any atom is 0.328 e. The Morgan fingerprint density at radius 2 is 1.61 bits per heavy atom. The lowest BCUT2D eigenvalue weighted by Gasteiger charge is -2.28. The van der Waals surface area contributed by atoms with Crippen LogP contribution in [0.2, 0.25) is 0 Å². The van der Waals surface area contributed by atoms with Crippen LogP contribution >= 0.6 is 0 Å². The number of carbonyl (C=O) groups is 2. The number of carbonyl (C=O) groups excluding carboxylic acids is 2. The highest BCUT2D eigenvalue weighted by atomic mass is 16.5. The zero-order chi connectivity index (χ0) is 31.2. The van der Waals surface area contributed by atoms with Crippen LogP contribution in [0.3, 0.4) is 0 Å². The normalized spacial score (nSPS) is 14.7. The number of benzene rings is 3. The highest BCUT2D eigenvalue weighted by Gasteiger charge is 2.23. The molecule has 1 aromatic heterocycles. The molecular formula is C35H43N5O4. The Bertz CT molecular complexity index is 1690. The molecule has 0 bridgehead atoms. The lowest BCUT2D eigenvalue weighted by atomic mass is 10.1. The van der Waals surface area contributed by atoms with Crippen LogP contribution in [-0.4, -0.2) is 63.5 Å². The minimum atomic E-state index is -0.0662. The Morgan fingerprint density at radius 1 is 0.864 bits per heavy atom. The van der Waals surface area contributed by atoms with Crippen LogP contribution in [0.25, 0.3) is 11.0 Å². The van der Waals surface area contributed by atoms with Gasteiger partial charge in [-0.2, -0.15) is 0 Å². The Kier molecular flexibility index (Phi) is 9.85. The van der Waals surface area contributed by atoms with E-state index < -0.39 is 0 Å². The van der Waals surface area contributed by atoms with Gasteiger partial charge in [-0.3, -0.25) is 23.6 Å². The first-order chi connectivity index (χ1) is 21.3. The summed E-state index contributed by atoms with van der Waals surface area (Å²) in [5.41, 5.74) is 5.62. The molecule has 0 saturated heterocycles. The highest BCUT2D eigenvalue weighted by molar-refractivity contribution is 5.92. The third-order valence-electron chi connectivity index (χ3n) is 8.55. The van der Waals surface area contributed by atoms with E-state index in [1.165, 1.54) is 0 Å². The largest absolute Gasteiger partial charge is 0.494 e. The second-order valence-corrected chi connectivity index (χ2v) is 11.5. The number of anilines is 1. The Balaban J connectivity index is 1.39. The average molecular weight is 598 g/mol. The van der Waals surface area contributed by atoms with Crippen LogP contribution in [0.1, 0.15) is 43.4 Å². The molecule has 44 heavy (non-hydrogen) atoms. The maximum atomic E-state index is 13.9. The number of aromatic nitrogens is 2.